The van der Waals surface area contributed by atoms with E-state index in [0.29, 0.717) is 19.3 Å². The normalized spacial score (nSPS) is 23.4. The molecule has 1 unspecified atom stereocenters. The predicted octanol–water partition coefficient (Wildman–Crippen LogP) is 1.22. The van der Waals surface area contributed by atoms with Gasteiger partial charge in [-0.05, 0) is 24.0 Å². The van der Waals surface area contributed by atoms with Crippen molar-refractivity contribution >= 4 is 15.6 Å². The molecule has 0 saturated carbocycles. The molecule has 2 rings (SSSR count). The van der Waals surface area contributed by atoms with Gasteiger partial charge in [-0.25, -0.2) is 8.42 Å². The Morgan fingerprint density at radius 2 is 2.31 bits per heavy atom. The molecule has 16 heavy (non-hydrogen) atoms. The maximum Gasteiger partial charge on any atom is 0.150 e. The molecule has 0 aromatic carbocycles. The molecule has 1 atom stereocenters. The summed E-state index contributed by atoms with van der Waals surface area (Å²) >= 11 is 0. The van der Waals surface area contributed by atoms with Crippen molar-refractivity contribution in [3.05, 3.63) is 24.2 Å². The minimum Gasteiger partial charge on any atom is -0.472 e. The lowest BCUT2D eigenvalue weighted by Gasteiger charge is -2.04. The third-order valence-corrected chi connectivity index (χ3v) is 4.66. The highest BCUT2D eigenvalue weighted by Gasteiger charge is 2.29. The predicted molar refractivity (Wildman–Crippen MR) is 58.8 cm³/mol. The Balaban J connectivity index is 1.85. The van der Waals surface area contributed by atoms with E-state index < -0.39 is 9.84 Å². The molecule has 0 radical (unpaired) electrons. The van der Waals surface area contributed by atoms with Gasteiger partial charge < -0.3 is 4.42 Å². The summed E-state index contributed by atoms with van der Waals surface area (Å²) in [4.78, 5) is 11.6. The monoisotopic (exact) mass is 242 g/mol. The Morgan fingerprint density at radius 1 is 1.50 bits per heavy atom. The van der Waals surface area contributed by atoms with Crippen molar-refractivity contribution in [1.29, 1.82) is 0 Å². The molecule has 0 amide bonds. The number of hydrogen-bond donors (Lipinski definition) is 0. The molecular formula is C11H14O4S. The topological polar surface area (TPSA) is 64.3 Å². The Bertz CT molecular complexity index is 458. The third kappa shape index (κ3) is 2.95. The lowest BCUT2D eigenvalue weighted by molar-refractivity contribution is -0.119. The molecule has 0 N–H and O–H groups in total. The van der Waals surface area contributed by atoms with Crippen LogP contribution in [0.1, 0.15) is 18.4 Å². The van der Waals surface area contributed by atoms with Gasteiger partial charge >= 0.3 is 0 Å². The Kier molecular flexibility index (Phi) is 3.14. The van der Waals surface area contributed by atoms with Crippen molar-refractivity contribution in [3.8, 4) is 0 Å². The number of furan rings is 1. The van der Waals surface area contributed by atoms with E-state index in [1.807, 2.05) is 0 Å². The van der Waals surface area contributed by atoms with Gasteiger partial charge in [0.05, 0.1) is 24.0 Å². The molecule has 0 aliphatic carbocycles. The zero-order chi connectivity index (χ0) is 11.6. The van der Waals surface area contributed by atoms with E-state index in [9.17, 15) is 13.2 Å². The Hall–Kier alpha value is -1.10. The number of ketones is 1. The Labute approximate surface area is 94.6 Å². The van der Waals surface area contributed by atoms with Crippen LogP contribution in [0.5, 0.6) is 0 Å². The van der Waals surface area contributed by atoms with Crippen molar-refractivity contribution in [2.75, 3.05) is 11.5 Å². The fraction of sp³-hybridized carbons (Fsp3) is 0.545. The van der Waals surface area contributed by atoms with Crippen molar-refractivity contribution in [2.45, 2.75) is 19.3 Å². The van der Waals surface area contributed by atoms with Crippen LogP contribution >= 0.6 is 0 Å². The summed E-state index contributed by atoms with van der Waals surface area (Å²) in [5.74, 6) is 0.508. The third-order valence-electron chi connectivity index (χ3n) is 2.82. The fourth-order valence-corrected chi connectivity index (χ4v) is 3.91. The van der Waals surface area contributed by atoms with Gasteiger partial charge in [-0.1, -0.05) is 0 Å². The van der Waals surface area contributed by atoms with E-state index in [1.54, 1.807) is 12.3 Å². The van der Waals surface area contributed by atoms with Crippen LogP contribution in [0.3, 0.4) is 0 Å². The van der Waals surface area contributed by atoms with Crippen molar-refractivity contribution < 1.29 is 17.6 Å². The highest BCUT2D eigenvalue weighted by atomic mass is 32.2. The molecular weight excluding hydrogens is 228 g/mol. The van der Waals surface area contributed by atoms with Gasteiger partial charge in [-0.15, -0.1) is 0 Å². The average molecular weight is 242 g/mol. The van der Waals surface area contributed by atoms with Gasteiger partial charge in [-0.3, -0.25) is 4.79 Å². The van der Waals surface area contributed by atoms with Gasteiger partial charge in [0.15, 0.2) is 9.84 Å². The van der Waals surface area contributed by atoms with Crippen LogP contribution in [0.4, 0.5) is 0 Å². The molecule has 0 spiro atoms. The number of Topliss-reactive ketones (excluding diaryl/α,β-unsaturated/α-hetero) is 1. The SMILES string of the molecule is O=C(Cc1ccoc1)CC1CCS(=O)(=O)C1. The molecule has 0 bridgehead atoms. The first kappa shape index (κ1) is 11.4. The lowest BCUT2D eigenvalue weighted by atomic mass is 9.99. The number of hydrogen-bond acceptors (Lipinski definition) is 4. The first-order chi connectivity index (χ1) is 7.55. The molecule has 1 aliphatic rings. The number of rotatable bonds is 4. The van der Waals surface area contributed by atoms with Crippen LogP contribution < -0.4 is 0 Å². The van der Waals surface area contributed by atoms with Gasteiger partial charge in [-0.2, -0.15) is 0 Å². The lowest BCUT2D eigenvalue weighted by Crippen LogP contribution is -2.12. The smallest absolute Gasteiger partial charge is 0.150 e. The quantitative estimate of drug-likeness (QED) is 0.796. The average Bonchev–Trinajstić information content (AvgIpc) is 2.76. The molecule has 1 aromatic rings. The van der Waals surface area contributed by atoms with E-state index in [4.69, 9.17) is 4.42 Å². The summed E-state index contributed by atoms with van der Waals surface area (Å²) in [6.07, 6.45) is 4.41. The highest BCUT2D eigenvalue weighted by molar-refractivity contribution is 7.91. The maximum absolute atomic E-state index is 11.6. The second-order valence-electron chi connectivity index (χ2n) is 4.32. The molecule has 1 saturated heterocycles. The van der Waals surface area contributed by atoms with Crippen molar-refractivity contribution in [1.82, 2.24) is 0 Å². The number of sulfone groups is 1. The first-order valence-electron chi connectivity index (χ1n) is 5.28. The Morgan fingerprint density at radius 3 is 2.88 bits per heavy atom. The maximum atomic E-state index is 11.6. The minimum atomic E-state index is -2.87. The van der Waals surface area contributed by atoms with Gasteiger partial charge in [0, 0.05) is 12.8 Å². The zero-order valence-electron chi connectivity index (χ0n) is 8.89. The number of carbonyl (C=O) groups is 1. The van der Waals surface area contributed by atoms with Gasteiger partial charge in [0.1, 0.15) is 5.78 Å². The van der Waals surface area contributed by atoms with Gasteiger partial charge in [0.2, 0.25) is 0 Å². The standard InChI is InChI=1S/C11H14O4S/c12-11(5-9-1-3-15-7-9)6-10-2-4-16(13,14)8-10/h1,3,7,10H,2,4-6,8H2. The van der Waals surface area contributed by atoms with E-state index in [1.165, 1.54) is 6.26 Å². The summed E-state index contributed by atoms with van der Waals surface area (Å²) in [5, 5.41) is 0. The molecule has 1 aliphatic heterocycles. The van der Waals surface area contributed by atoms with Gasteiger partial charge in [0.25, 0.3) is 0 Å². The zero-order valence-corrected chi connectivity index (χ0v) is 9.70. The highest BCUT2D eigenvalue weighted by Crippen LogP contribution is 2.22. The van der Waals surface area contributed by atoms with Crippen LogP contribution in [0.15, 0.2) is 23.0 Å². The van der Waals surface area contributed by atoms with E-state index in [-0.39, 0.29) is 23.2 Å². The summed E-state index contributed by atoms with van der Waals surface area (Å²) in [6, 6.07) is 1.75. The largest absolute Gasteiger partial charge is 0.472 e. The molecule has 2 heterocycles. The summed E-state index contributed by atoms with van der Waals surface area (Å²) in [6.45, 7) is 0. The second-order valence-corrected chi connectivity index (χ2v) is 6.55. The van der Waals surface area contributed by atoms with Crippen LogP contribution in [0, 0.1) is 5.92 Å². The molecule has 1 fully saturated rings. The minimum absolute atomic E-state index is 0.0180. The summed E-state index contributed by atoms with van der Waals surface area (Å²) in [7, 11) is -2.87. The number of carbonyl (C=O) groups excluding carboxylic acids is 1. The summed E-state index contributed by atoms with van der Waals surface area (Å²) in [5.41, 5.74) is 0.853. The molecule has 5 heteroatoms. The first-order valence-corrected chi connectivity index (χ1v) is 7.10. The van der Waals surface area contributed by atoms with E-state index >= 15 is 0 Å². The molecule has 4 nitrogen and oxygen atoms in total. The van der Waals surface area contributed by atoms with Crippen LogP contribution in [0.25, 0.3) is 0 Å². The van der Waals surface area contributed by atoms with E-state index in [0.717, 1.165) is 5.56 Å². The van der Waals surface area contributed by atoms with Crippen LogP contribution in [-0.4, -0.2) is 25.7 Å². The van der Waals surface area contributed by atoms with E-state index in [2.05, 4.69) is 0 Å². The fourth-order valence-electron chi connectivity index (χ4n) is 2.05. The summed E-state index contributed by atoms with van der Waals surface area (Å²) < 4.78 is 27.3. The van der Waals surface area contributed by atoms with Crippen LogP contribution in [-0.2, 0) is 21.1 Å². The van der Waals surface area contributed by atoms with Crippen molar-refractivity contribution in [2.24, 2.45) is 5.92 Å². The molecule has 88 valence electrons. The van der Waals surface area contributed by atoms with Crippen molar-refractivity contribution in [3.63, 3.8) is 0 Å². The molecule has 1 aromatic heterocycles. The second kappa shape index (κ2) is 4.41. The van der Waals surface area contributed by atoms with Crippen LogP contribution in [0.2, 0.25) is 0 Å².